The van der Waals surface area contributed by atoms with Crippen molar-refractivity contribution in [3.8, 4) is 0 Å². The molecule has 0 aromatic heterocycles. The van der Waals surface area contributed by atoms with E-state index >= 15 is 0 Å². The SMILES string of the molecule is Cc1ccc2c(c1)CCCN2c1cccc(F)c1CN. The average molecular weight is 270 g/mol. The summed E-state index contributed by atoms with van der Waals surface area (Å²) in [5.41, 5.74) is 11.0. The molecule has 0 amide bonds. The fraction of sp³-hybridized carbons (Fsp3) is 0.294. The number of rotatable bonds is 2. The smallest absolute Gasteiger partial charge is 0.129 e. The molecular weight excluding hydrogens is 251 g/mol. The highest BCUT2D eigenvalue weighted by atomic mass is 19.1. The van der Waals surface area contributed by atoms with Crippen LogP contribution in [0.1, 0.15) is 23.1 Å². The third-order valence-electron chi connectivity index (χ3n) is 3.94. The van der Waals surface area contributed by atoms with Gasteiger partial charge < -0.3 is 10.6 Å². The van der Waals surface area contributed by atoms with Gasteiger partial charge in [-0.2, -0.15) is 0 Å². The summed E-state index contributed by atoms with van der Waals surface area (Å²) in [6, 6.07) is 11.7. The first-order valence-electron chi connectivity index (χ1n) is 7.05. The van der Waals surface area contributed by atoms with Gasteiger partial charge in [-0.3, -0.25) is 0 Å². The van der Waals surface area contributed by atoms with Gasteiger partial charge >= 0.3 is 0 Å². The molecule has 0 saturated carbocycles. The van der Waals surface area contributed by atoms with Crippen LogP contribution < -0.4 is 10.6 Å². The summed E-state index contributed by atoms with van der Waals surface area (Å²) in [4.78, 5) is 2.20. The second-order valence-electron chi connectivity index (χ2n) is 5.33. The fourth-order valence-electron chi connectivity index (χ4n) is 2.98. The minimum absolute atomic E-state index is 0.218. The number of anilines is 2. The molecule has 20 heavy (non-hydrogen) atoms. The van der Waals surface area contributed by atoms with Crippen LogP contribution >= 0.6 is 0 Å². The Balaban J connectivity index is 2.11. The molecule has 0 bridgehead atoms. The van der Waals surface area contributed by atoms with E-state index < -0.39 is 0 Å². The van der Waals surface area contributed by atoms with Gasteiger partial charge in [-0.05, 0) is 43.5 Å². The molecule has 1 aliphatic heterocycles. The standard InChI is InChI=1S/C17H19FN2/c1-12-7-8-16-13(10-12)4-3-9-20(16)17-6-2-5-15(18)14(17)11-19/h2,5-8,10H,3-4,9,11,19H2,1H3. The van der Waals surface area contributed by atoms with Crippen LogP contribution in [0.5, 0.6) is 0 Å². The zero-order chi connectivity index (χ0) is 14.1. The number of fused-ring (bicyclic) bond motifs is 1. The highest BCUT2D eigenvalue weighted by Crippen LogP contribution is 2.36. The number of nitrogens with zero attached hydrogens (tertiary/aromatic N) is 1. The van der Waals surface area contributed by atoms with Crippen molar-refractivity contribution in [2.45, 2.75) is 26.3 Å². The normalized spacial score (nSPS) is 14.2. The molecule has 0 atom stereocenters. The number of aryl methyl sites for hydroxylation is 2. The molecule has 0 unspecified atom stereocenters. The van der Waals surface area contributed by atoms with E-state index in [2.05, 4.69) is 30.0 Å². The van der Waals surface area contributed by atoms with E-state index in [1.165, 1.54) is 22.9 Å². The molecule has 1 aliphatic rings. The van der Waals surface area contributed by atoms with Crippen molar-refractivity contribution in [3.63, 3.8) is 0 Å². The average Bonchev–Trinajstić information content (AvgIpc) is 2.46. The lowest BCUT2D eigenvalue weighted by atomic mass is 9.98. The second kappa shape index (κ2) is 5.25. The molecule has 1 heterocycles. The Bertz CT molecular complexity index is 637. The number of nitrogens with two attached hydrogens (primary N) is 1. The Labute approximate surface area is 119 Å². The molecular formula is C17H19FN2. The first-order valence-corrected chi connectivity index (χ1v) is 7.05. The summed E-state index contributed by atoms with van der Waals surface area (Å²) in [5, 5.41) is 0. The van der Waals surface area contributed by atoms with Gasteiger partial charge in [0.15, 0.2) is 0 Å². The van der Waals surface area contributed by atoms with E-state index in [-0.39, 0.29) is 12.4 Å². The Morgan fingerprint density at radius 2 is 2.05 bits per heavy atom. The molecule has 0 aliphatic carbocycles. The molecule has 2 N–H and O–H groups in total. The predicted octanol–water partition coefficient (Wildman–Crippen LogP) is 3.68. The minimum Gasteiger partial charge on any atom is -0.341 e. The lowest BCUT2D eigenvalue weighted by Crippen LogP contribution is -2.26. The summed E-state index contributed by atoms with van der Waals surface area (Å²) in [7, 11) is 0. The van der Waals surface area contributed by atoms with Gasteiger partial charge in [0.05, 0.1) is 0 Å². The Morgan fingerprint density at radius 1 is 1.20 bits per heavy atom. The van der Waals surface area contributed by atoms with Crippen LogP contribution in [0.25, 0.3) is 0 Å². The van der Waals surface area contributed by atoms with Crippen molar-refractivity contribution in [3.05, 3.63) is 58.9 Å². The van der Waals surface area contributed by atoms with Crippen molar-refractivity contribution in [1.82, 2.24) is 0 Å². The lowest BCUT2D eigenvalue weighted by Gasteiger charge is -2.33. The van der Waals surface area contributed by atoms with Gasteiger partial charge in [0, 0.05) is 30.0 Å². The maximum Gasteiger partial charge on any atom is 0.129 e. The first kappa shape index (κ1) is 13.1. The van der Waals surface area contributed by atoms with Gasteiger partial charge in [-0.15, -0.1) is 0 Å². The van der Waals surface area contributed by atoms with E-state index in [4.69, 9.17) is 5.73 Å². The van der Waals surface area contributed by atoms with Crippen LogP contribution in [0.15, 0.2) is 36.4 Å². The summed E-state index contributed by atoms with van der Waals surface area (Å²) in [6.07, 6.45) is 2.16. The summed E-state index contributed by atoms with van der Waals surface area (Å²) in [5.74, 6) is -0.218. The molecule has 0 saturated heterocycles. The van der Waals surface area contributed by atoms with Gasteiger partial charge in [0.2, 0.25) is 0 Å². The molecule has 104 valence electrons. The third kappa shape index (κ3) is 2.18. The van der Waals surface area contributed by atoms with Gasteiger partial charge in [-0.1, -0.05) is 23.8 Å². The largest absolute Gasteiger partial charge is 0.341 e. The van der Waals surface area contributed by atoms with Crippen LogP contribution in [0, 0.1) is 12.7 Å². The molecule has 0 fully saturated rings. The zero-order valence-electron chi connectivity index (χ0n) is 11.7. The van der Waals surface area contributed by atoms with E-state index in [0.717, 1.165) is 25.1 Å². The van der Waals surface area contributed by atoms with Crippen molar-refractivity contribution >= 4 is 11.4 Å². The molecule has 2 aromatic carbocycles. The van der Waals surface area contributed by atoms with E-state index in [1.807, 2.05) is 6.07 Å². The quantitative estimate of drug-likeness (QED) is 0.902. The predicted molar refractivity (Wildman–Crippen MR) is 80.8 cm³/mol. The summed E-state index contributed by atoms with van der Waals surface area (Å²) < 4.78 is 13.9. The van der Waals surface area contributed by atoms with Gasteiger partial charge in [-0.25, -0.2) is 4.39 Å². The van der Waals surface area contributed by atoms with Crippen molar-refractivity contribution in [2.24, 2.45) is 5.73 Å². The van der Waals surface area contributed by atoms with E-state index in [9.17, 15) is 4.39 Å². The summed E-state index contributed by atoms with van der Waals surface area (Å²) in [6.45, 7) is 3.24. The molecule has 2 nitrogen and oxygen atoms in total. The van der Waals surface area contributed by atoms with Gasteiger partial charge in [0.25, 0.3) is 0 Å². The van der Waals surface area contributed by atoms with Crippen LogP contribution in [0.3, 0.4) is 0 Å². The number of hydrogen-bond acceptors (Lipinski definition) is 2. The van der Waals surface area contributed by atoms with Crippen molar-refractivity contribution < 1.29 is 4.39 Å². The maximum absolute atomic E-state index is 13.9. The van der Waals surface area contributed by atoms with Crippen LogP contribution in [0.2, 0.25) is 0 Å². The molecule has 0 spiro atoms. The number of halogens is 1. The zero-order valence-corrected chi connectivity index (χ0v) is 11.7. The van der Waals surface area contributed by atoms with Crippen molar-refractivity contribution in [2.75, 3.05) is 11.4 Å². The van der Waals surface area contributed by atoms with Crippen molar-refractivity contribution in [1.29, 1.82) is 0 Å². The minimum atomic E-state index is -0.218. The summed E-state index contributed by atoms with van der Waals surface area (Å²) >= 11 is 0. The van der Waals surface area contributed by atoms with Gasteiger partial charge in [0.1, 0.15) is 5.82 Å². The molecule has 2 aromatic rings. The lowest BCUT2D eigenvalue weighted by molar-refractivity contribution is 0.609. The highest BCUT2D eigenvalue weighted by Gasteiger charge is 2.21. The topological polar surface area (TPSA) is 29.3 Å². The Hall–Kier alpha value is -1.87. The number of benzene rings is 2. The Kier molecular flexibility index (Phi) is 3.45. The Morgan fingerprint density at radius 3 is 2.85 bits per heavy atom. The monoisotopic (exact) mass is 270 g/mol. The molecule has 3 heteroatoms. The fourth-order valence-corrected chi connectivity index (χ4v) is 2.98. The first-order chi connectivity index (χ1) is 9.70. The molecule has 0 radical (unpaired) electrons. The second-order valence-corrected chi connectivity index (χ2v) is 5.33. The van der Waals surface area contributed by atoms with E-state index in [1.54, 1.807) is 6.07 Å². The van der Waals surface area contributed by atoms with Crippen LogP contribution in [-0.2, 0) is 13.0 Å². The number of hydrogen-bond donors (Lipinski definition) is 1. The van der Waals surface area contributed by atoms with E-state index in [0.29, 0.717) is 5.56 Å². The maximum atomic E-state index is 13.9. The molecule has 3 rings (SSSR count). The van der Waals surface area contributed by atoms with Crippen LogP contribution in [-0.4, -0.2) is 6.54 Å². The highest BCUT2D eigenvalue weighted by molar-refractivity contribution is 5.70. The third-order valence-corrected chi connectivity index (χ3v) is 3.94. The van der Waals surface area contributed by atoms with Crippen LogP contribution in [0.4, 0.5) is 15.8 Å².